The van der Waals surface area contributed by atoms with Crippen LogP contribution in [0.4, 0.5) is 0 Å². The summed E-state index contributed by atoms with van der Waals surface area (Å²) in [7, 11) is -5.13. The number of hydrogen-bond donors (Lipinski definition) is 0. The molecule has 0 amide bonds. The van der Waals surface area contributed by atoms with Crippen molar-refractivity contribution in [2.75, 3.05) is 13.2 Å². The number of carbonyl (C=O) groups excluding carboxylic acids is 4. The number of unbranched alkanes of at least 4 members (excludes halogenated alkanes) is 4. The Balaban J connectivity index is 2.10. The van der Waals surface area contributed by atoms with Crippen molar-refractivity contribution in [2.24, 2.45) is 0 Å². The molecule has 0 spiro atoms. The maximum absolute atomic E-state index is 17.1. The lowest BCUT2D eigenvalue weighted by molar-refractivity contribution is 0.101. The summed E-state index contributed by atoms with van der Waals surface area (Å²) < 4.78 is 30.5. The number of rotatable bonds is 19. The van der Waals surface area contributed by atoms with Crippen molar-refractivity contribution in [3.8, 4) is 11.5 Å². The zero-order chi connectivity index (χ0) is 47.4. The van der Waals surface area contributed by atoms with E-state index >= 15 is 23.7 Å². The Bertz CT molecular complexity index is 2550. The first kappa shape index (κ1) is 49.6. The molecule has 0 bridgehead atoms. The van der Waals surface area contributed by atoms with Crippen LogP contribution in [0, 0.1) is 83.1 Å². The Morgan fingerprint density at radius 1 is 0.406 bits per heavy atom. The van der Waals surface area contributed by atoms with E-state index in [1.165, 1.54) is 6.07 Å². The van der Waals surface area contributed by atoms with Gasteiger partial charge in [-0.3, -0.25) is 19.2 Å². The predicted octanol–water partition coefficient (Wildman–Crippen LogP) is 13.7. The first-order valence-corrected chi connectivity index (χ1v) is 24.5. The topological polar surface area (TPSA) is 104 Å². The van der Waals surface area contributed by atoms with Gasteiger partial charge < -0.3 is 14.0 Å². The van der Waals surface area contributed by atoms with E-state index in [1.54, 1.807) is 27.7 Å². The van der Waals surface area contributed by atoms with Crippen LogP contribution >= 0.6 is 7.14 Å². The molecule has 0 aliphatic rings. The van der Waals surface area contributed by atoms with E-state index in [4.69, 9.17) is 9.47 Å². The fraction of sp³-hybridized carbons (Fsp3) is 0.393. The van der Waals surface area contributed by atoms with E-state index in [-0.39, 0.29) is 52.3 Å². The lowest BCUT2D eigenvalue weighted by atomic mass is 9.88. The highest BCUT2D eigenvalue weighted by atomic mass is 31.2. The molecule has 5 rings (SSSR count). The maximum Gasteiger partial charge on any atom is 0.252 e. The van der Waals surface area contributed by atoms with Crippen LogP contribution in [0.15, 0.2) is 54.6 Å². The first-order valence-electron chi connectivity index (χ1n) is 22.8. The Morgan fingerprint density at radius 3 is 1.06 bits per heavy atom. The molecule has 0 aromatic heterocycles. The minimum Gasteiger partial charge on any atom is -0.492 e. The molecule has 0 saturated heterocycles. The van der Waals surface area contributed by atoms with Crippen molar-refractivity contribution >= 4 is 35.1 Å². The van der Waals surface area contributed by atoms with E-state index in [9.17, 15) is 0 Å². The second kappa shape index (κ2) is 20.6. The van der Waals surface area contributed by atoms with Crippen LogP contribution in [0.5, 0.6) is 11.5 Å². The van der Waals surface area contributed by atoms with Crippen LogP contribution in [-0.4, -0.2) is 35.8 Å². The first-order chi connectivity index (χ1) is 30.2. The summed E-state index contributed by atoms with van der Waals surface area (Å²) in [5.74, 6) is -1.19. The monoisotopic (exact) mass is 882 g/mol. The molecule has 0 heterocycles. The SMILES string of the molecule is CCCCCOc1c(C(=O)c2c(C)cc(C)cc2C)cc(P(=O)(C(=O)c2c(C)cc(C)cc2C)C(=O)c2c(C)cc(C)cc2C)c(OCCCCC)c1C(=O)c1c(C)cc(C)cc1C. The Hall–Kier alpha value is -5.39. The Kier molecular flexibility index (Phi) is 16.0. The number of aryl methyl sites for hydroxylation is 12. The third-order valence-electron chi connectivity index (χ3n) is 12.2. The highest BCUT2D eigenvalue weighted by Gasteiger charge is 2.49. The average molecular weight is 883 g/mol. The molecule has 64 heavy (non-hydrogen) atoms. The molecule has 0 unspecified atom stereocenters. The molecule has 0 N–H and O–H groups in total. The van der Waals surface area contributed by atoms with Gasteiger partial charge in [-0.15, -0.1) is 0 Å². The van der Waals surface area contributed by atoms with Crippen molar-refractivity contribution in [3.05, 3.63) is 155 Å². The standard InChI is InChI=1S/C56H67O7P/c1-15-17-19-21-62-53-44(51(57)46-36(7)23-32(3)24-37(46)8)31-45(54(63-22-20-18-16-2)50(53)52(58)47-38(9)25-33(4)26-39(47)10)64(61,55(59)48-40(11)27-34(5)28-41(48)12)56(60)49-42(13)29-35(6)30-43(49)14/h23-31H,15-22H2,1-14H3. The van der Waals surface area contributed by atoms with Gasteiger partial charge in [-0.1, -0.05) is 110 Å². The van der Waals surface area contributed by atoms with Gasteiger partial charge in [0.25, 0.3) is 7.14 Å². The summed E-state index contributed by atoms with van der Waals surface area (Å²) in [6.45, 7) is 26.7. The molecule has 0 aliphatic carbocycles. The molecule has 0 atom stereocenters. The molecular formula is C56H67O7P. The number of ketones is 2. The normalized spacial score (nSPS) is 11.5. The summed E-state index contributed by atoms with van der Waals surface area (Å²) in [5.41, 5.74) is 7.81. The van der Waals surface area contributed by atoms with Crippen LogP contribution in [0.25, 0.3) is 0 Å². The van der Waals surface area contributed by atoms with E-state index in [1.807, 2.05) is 104 Å². The lowest BCUT2D eigenvalue weighted by Gasteiger charge is -2.27. The molecule has 0 saturated carbocycles. The zero-order valence-corrected chi connectivity index (χ0v) is 41.6. The second-order valence-electron chi connectivity index (χ2n) is 18.1. The van der Waals surface area contributed by atoms with Crippen molar-refractivity contribution in [3.63, 3.8) is 0 Å². The third-order valence-corrected chi connectivity index (χ3v) is 14.8. The predicted molar refractivity (Wildman–Crippen MR) is 262 cm³/mol. The van der Waals surface area contributed by atoms with Crippen LogP contribution in [0.1, 0.15) is 172 Å². The van der Waals surface area contributed by atoms with Crippen LogP contribution in [0.3, 0.4) is 0 Å². The largest absolute Gasteiger partial charge is 0.492 e. The van der Waals surface area contributed by atoms with Crippen molar-refractivity contribution in [1.82, 2.24) is 0 Å². The van der Waals surface area contributed by atoms with E-state index < -0.39 is 29.8 Å². The summed E-state index contributed by atoms with van der Waals surface area (Å²) >= 11 is 0. The fourth-order valence-electron chi connectivity index (χ4n) is 9.59. The average Bonchev–Trinajstić information content (AvgIpc) is 3.18. The summed E-state index contributed by atoms with van der Waals surface area (Å²) in [4.78, 5) is 63.1. The fourth-order valence-corrected chi connectivity index (χ4v) is 12.3. The lowest BCUT2D eigenvalue weighted by Crippen LogP contribution is -2.28. The minimum atomic E-state index is -5.13. The number of hydrogen-bond acceptors (Lipinski definition) is 7. The van der Waals surface area contributed by atoms with Crippen molar-refractivity contribution in [1.29, 1.82) is 0 Å². The number of ether oxygens (including phenoxy) is 2. The Morgan fingerprint density at radius 2 is 0.719 bits per heavy atom. The molecule has 8 heteroatoms. The van der Waals surface area contributed by atoms with Gasteiger partial charge in [0.2, 0.25) is 16.8 Å². The number of benzene rings is 5. The van der Waals surface area contributed by atoms with Gasteiger partial charge >= 0.3 is 0 Å². The Labute approximate surface area is 381 Å². The van der Waals surface area contributed by atoms with E-state index in [2.05, 4.69) is 13.8 Å². The maximum atomic E-state index is 17.1. The van der Waals surface area contributed by atoms with Crippen LogP contribution < -0.4 is 14.8 Å². The van der Waals surface area contributed by atoms with Crippen LogP contribution in [-0.2, 0) is 4.57 Å². The molecule has 5 aromatic carbocycles. The smallest absolute Gasteiger partial charge is 0.252 e. The molecule has 0 fully saturated rings. The van der Waals surface area contributed by atoms with Crippen LogP contribution in [0.2, 0.25) is 0 Å². The second-order valence-corrected chi connectivity index (χ2v) is 20.6. The highest BCUT2D eigenvalue weighted by Crippen LogP contribution is 2.56. The van der Waals surface area contributed by atoms with Crippen molar-refractivity contribution < 1.29 is 33.2 Å². The molecule has 5 aromatic rings. The van der Waals surface area contributed by atoms with Gasteiger partial charge in [0.05, 0.1) is 24.1 Å². The molecule has 0 radical (unpaired) electrons. The summed E-state index contributed by atoms with van der Waals surface area (Å²) in [6.07, 6.45) is 4.59. The molecule has 338 valence electrons. The van der Waals surface area contributed by atoms with Crippen molar-refractivity contribution in [2.45, 2.75) is 135 Å². The van der Waals surface area contributed by atoms with Gasteiger partial charge in [-0.2, -0.15) is 0 Å². The van der Waals surface area contributed by atoms with Gasteiger partial charge in [0, 0.05) is 22.3 Å². The van der Waals surface area contributed by atoms with E-state index in [0.29, 0.717) is 68.5 Å². The third kappa shape index (κ3) is 9.96. The molecular weight excluding hydrogens is 816 g/mol. The van der Waals surface area contributed by atoms with Gasteiger partial charge in [-0.05, 0) is 147 Å². The highest BCUT2D eigenvalue weighted by molar-refractivity contribution is 8.01. The molecule has 0 aliphatic heterocycles. The van der Waals surface area contributed by atoms with Gasteiger partial charge in [0.15, 0.2) is 5.78 Å². The van der Waals surface area contributed by atoms with E-state index in [0.717, 1.165) is 47.9 Å². The summed E-state index contributed by atoms with van der Waals surface area (Å²) in [5, 5.41) is -0.282. The minimum absolute atomic E-state index is 0.0177. The summed E-state index contributed by atoms with van der Waals surface area (Å²) in [6, 6.07) is 16.4. The zero-order valence-electron chi connectivity index (χ0n) is 40.7. The van der Waals surface area contributed by atoms with Gasteiger partial charge in [0.1, 0.15) is 17.1 Å². The number of carbonyl (C=O) groups is 4. The quantitative estimate of drug-likeness (QED) is 0.0462. The molecule has 7 nitrogen and oxygen atoms in total. The van der Waals surface area contributed by atoms with Gasteiger partial charge in [-0.25, -0.2) is 0 Å².